The number of hydrogen-bond donors (Lipinski definition) is 2. The minimum absolute atomic E-state index is 0.0910. The number of hydrogen-bond acceptors (Lipinski definition) is 4. The lowest BCUT2D eigenvalue weighted by Crippen LogP contribution is -2.49. The van der Waals surface area contributed by atoms with Crippen LogP contribution in [0.3, 0.4) is 0 Å². The number of methoxy groups -OCH3 is 1. The van der Waals surface area contributed by atoms with Crippen LogP contribution < -0.4 is 15.4 Å². The number of ketones is 1. The van der Waals surface area contributed by atoms with Gasteiger partial charge in [0.25, 0.3) is 5.91 Å². The molecule has 0 unspecified atom stereocenters. The molecule has 6 heteroatoms. The highest BCUT2D eigenvalue weighted by atomic mass is 16.5. The van der Waals surface area contributed by atoms with Gasteiger partial charge in [-0.2, -0.15) is 0 Å². The molecular weight excluding hydrogens is 296 g/mol. The second-order valence-electron chi connectivity index (χ2n) is 5.71. The summed E-state index contributed by atoms with van der Waals surface area (Å²) in [6, 6.07) is 6.40. The van der Waals surface area contributed by atoms with E-state index in [0.29, 0.717) is 12.2 Å². The van der Waals surface area contributed by atoms with Crippen LogP contribution in [0.5, 0.6) is 5.75 Å². The van der Waals surface area contributed by atoms with Crippen LogP contribution in [-0.4, -0.2) is 37.8 Å². The van der Waals surface area contributed by atoms with E-state index >= 15 is 0 Å². The number of ether oxygens (including phenoxy) is 1. The minimum atomic E-state index is -0.794. The van der Waals surface area contributed by atoms with Crippen LogP contribution in [-0.2, 0) is 20.8 Å². The largest absolute Gasteiger partial charge is 0.497 e. The highest BCUT2D eigenvalue weighted by Gasteiger charge is 2.24. The average molecular weight is 320 g/mol. The van der Waals surface area contributed by atoms with Gasteiger partial charge in [-0.25, -0.2) is 0 Å². The van der Waals surface area contributed by atoms with Crippen LogP contribution in [0.25, 0.3) is 0 Å². The summed E-state index contributed by atoms with van der Waals surface area (Å²) in [4.78, 5) is 35.7. The Kier molecular flexibility index (Phi) is 7.25. The number of amides is 2. The van der Waals surface area contributed by atoms with Gasteiger partial charge in [-0.05, 0) is 23.6 Å². The lowest BCUT2D eigenvalue weighted by Gasteiger charge is -2.17. The van der Waals surface area contributed by atoms with Gasteiger partial charge in [0.05, 0.1) is 7.11 Å². The number of rotatable bonds is 8. The maximum Gasteiger partial charge on any atom is 0.288 e. The predicted molar refractivity (Wildman–Crippen MR) is 87.2 cm³/mol. The van der Waals surface area contributed by atoms with Crippen molar-refractivity contribution in [3.63, 3.8) is 0 Å². The van der Waals surface area contributed by atoms with E-state index in [1.54, 1.807) is 19.2 Å². The van der Waals surface area contributed by atoms with Crippen LogP contribution >= 0.6 is 0 Å². The molecule has 0 fully saturated rings. The molecule has 1 atom stereocenters. The molecule has 0 bridgehead atoms. The normalized spacial score (nSPS) is 11.7. The van der Waals surface area contributed by atoms with Gasteiger partial charge in [-0.3, -0.25) is 14.4 Å². The Morgan fingerprint density at radius 3 is 2.22 bits per heavy atom. The molecule has 0 aromatic heterocycles. The van der Waals surface area contributed by atoms with E-state index in [4.69, 9.17) is 4.74 Å². The molecule has 2 N–H and O–H groups in total. The molecule has 0 aliphatic carbocycles. The summed E-state index contributed by atoms with van der Waals surface area (Å²) in [6.45, 7) is 3.72. The molecule has 2 amide bonds. The maximum absolute atomic E-state index is 12.0. The number of carbonyl (C=O) groups excluding carboxylic acids is 3. The first-order valence-electron chi connectivity index (χ1n) is 7.55. The van der Waals surface area contributed by atoms with E-state index in [1.807, 2.05) is 26.0 Å². The summed E-state index contributed by atoms with van der Waals surface area (Å²) in [6.07, 6.45) is 0.458. The summed E-state index contributed by atoms with van der Waals surface area (Å²) in [5.41, 5.74) is 0.857. The Balaban J connectivity index is 2.77. The summed E-state index contributed by atoms with van der Waals surface area (Å²) in [5.74, 6) is -0.773. The van der Waals surface area contributed by atoms with E-state index in [0.717, 1.165) is 5.56 Å². The van der Waals surface area contributed by atoms with Crippen molar-refractivity contribution in [1.29, 1.82) is 0 Å². The van der Waals surface area contributed by atoms with Crippen molar-refractivity contribution in [3.05, 3.63) is 29.8 Å². The van der Waals surface area contributed by atoms with Crippen molar-refractivity contribution >= 4 is 17.6 Å². The lowest BCUT2D eigenvalue weighted by atomic mass is 10.0. The van der Waals surface area contributed by atoms with E-state index in [-0.39, 0.29) is 18.2 Å². The van der Waals surface area contributed by atoms with Crippen molar-refractivity contribution in [2.75, 3.05) is 14.2 Å². The Hall–Kier alpha value is -2.37. The zero-order chi connectivity index (χ0) is 17.4. The second kappa shape index (κ2) is 8.92. The molecule has 6 nitrogen and oxygen atoms in total. The molecule has 1 aromatic rings. The third-order valence-corrected chi connectivity index (χ3v) is 3.31. The first kappa shape index (κ1) is 18.7. The van der Waals surface area contributed by atoms with E-state index in [2.05, 4.69) is 10.6 Å². The van der Waals surface area contributed by atoms with Gasteiger partial charge in [0.2, 0.25) is 11.7 Å². The third kappa shape index (κ3) is 6.10. The van der Waals surface area contributed by atoms with E-state index < -0.39 is 17.7 Å². The van der Waals surface area contributed by atoms with Crippen molar-refractivity contribution in [3.8, 4) is 5.75 Å². The van der Waals surface area contributed by atoms with Gasteiger partial charge in [0.15, 0.2) is 0 Å². The van der Waals surface area contributed by atoms with Crippen LogP contribution in [0.2, 0.25) is 0 Å². The zero-order valence-electron chi connectivity index (χ0n) is 14.0. The molecule has 0 saturated carbocycles. The van der Waals surface area contributed by atoms with Crippen molar-refractivity contribution in [2.24, 2.45) is 5.92 Å². The summed E-state index contributed by atoms with van der Waals surface area (Å²) in [5, 5.41) is 5.02. The first-order chi connectivity index (χ1) is 10.9. The number of carbonyl (C=O) groups is 3. The maximum atomic E-state index is 12.0. The molecule has 0 spiro atoms. The topological polar surface area (TPSA) is 84.5 Å². The lowest BCUT2D eigenvalue weighted by molar-refractivity contribution is -0.139. The number of Topliss-reactive ketones (excluding diaryl/α,β-unsaturated/α-hetero) is 1. The van der Waals surface area contributed by atoms with Crippen LogP contribution in [0, 0.1) is 5.92 Å². The molecule has 1 rings (SSSR count). The minimum Gasteiger partial charge on any atom is -0.497 e. The summed E-state index contributed by atoms with van der Waals surface area (Å²) < 4.78 is 5.08. The molecule has 23 heavy (non-hydrogen) atoms. The van der Waals surface area contributed by atoms with Crippen molar-refractivity contribution in [1.82, 2.24) is 10.6 Å². The second-order valence-corrected chi connectivity index (χ2v) is 5.71. The molecular formula is C17H24N2O4. The Bertz CT molecular complexity index is 552. The Labute approximate surface area is 136 Å². The van der Waals surface area contributed by atoms with E-state index in [1.165, 1.54) is 7.05 Å². The number of nitrogens with one attached hydrogen (secondary N) is 2. The molecule has 0 heterocycles. The fourth-order valence-electron chi connectivity index (χ4n) is 2.08. The zero-order valence-corrected chi connectivity index (χ0v) is 14.0. The Morgan fingerprint density at radius 1 is 1.13 bits per heavy atom. The molecule has 0 saturated heterocycles. The molecule has 1 aromatic carbocycles. The Morgan fingerprint density at radius 2 is 1.74 bits per heavy atom. The third-order valence-electron chi connectivity index (χ3n) is 3.31. The van der Waals surface area contributed by atoms with Gasteiger partial charge in [0.1, 0.15) is 11.8 Å². The summed E-state index contributed by atoms with van der Waals surface area (Å²) in [7, 11) is 3.06. The average Bonchev–Trinajstić information content (AvgIpc) is 2.53. The van der Waals surface area contributed by atoms with Gasteiger partial charge >= 0.3 is 0 Å². The van der Waals surface area contributed by atoms with Gasteiger partial charge < -0.3 is 15.4 Å². The first-order valence-corrected chi connectivity index (χ1v) is 7.55. The van der Waals surface area contributed by atoms with Crippen molar-refractivity contribution < 1.29 is 19.1 Å². The standard InChI is InChI=1S/C17H24N2O4/c1-11(2)9-15(20)17(22)19-14(16(21)18-3)10-12-5-7-13(23-4)8-6-12/h5-8,11,14H,9-10H2,1-4H3,(H,18,21)(H,19,22)/t14-/m0/s1. The van der Waals surface area contributed by atoms with Crippen LogP contribution in [0.1, 0.15) is 25.8 Å². The number of benzene rings is 1. The molecule has 0 aliphatic heterocycles. The van der Waals surface area contributed by atoms with Crippen molar-refractivity contribution in [2.45, 2.75) is 32.7 Å². The van der Waals surface area contributed by atoms with E-state index in [9.17, 15) is 14.4 Å². The predicted octanol–water partition coefficient (Wildman–Crippen LogP) is 1.08. The quantitative estimate of drug-likeness (QED) is 0.702. The van der Waals surface area contributed by atoms with Crippen LogP contribution in [0.15, 0.2) is 24.3 Å². The van der Waals surface area contributed by atoms with Gasteiger partial charge in [0, 0.05) is 19.9 Å². The highest BCUT2D eigenvalue weighted by Crippen LogP contribution is 2.13. The molecule has 126 valence electrons. The fraction of sp³-hybridized carbons (Fsp3) is 0.471. The SMILES string of the molecule is CNC(=O)[C@H](Cc1ccc(OC)cc1)NC(=O)C(=O)CC(C)C. The highest BCUT2D eigenvalue weighted by molar-refractivity contribution is 6.36. The van der Waals surface area contributed by atoms with Gasteiger partial charge in [-0.1, -0.05) is 26.0 Å². The van der Waals surface area contributed by atoms with Crippen LogP contribution in [0.4, 0.5) is 0 Å². The number of likely N-dealkylation sites (N-methyl/N-ethyl adjacent to an activating group) is 1. The molecule has 0 radical (unpaired) electrons. The smallest absolute Gasteiger partial charge is 0.288 e. The summed E-state index contributed by atoms with van der Waals surface area (Å²) >= 11 is 0. The monoisotopic (exact) mass is 320 g/mol. The van der Waals surface area contributed by atoms with Gasteiger partial charge in [-0.15, -0.1) is 0 Å². The molecule has 0 aliphatic rings. The fourth-order valence-corrected chi connectivity index (χ4v) is 2.08.